The highest BCUT2D eigenvalue weighted by molar-refractivity contribution is 4.78. The molecule has 2 unspecified atom stereocenters. The Morgan fingerprint density at radius 1 is 1.50 bits per heavy atom. The minimum absolute atomic E-state index is 0.250. The highest BCUT2D eigenvalue weighted by atomic mass is 19.1. The minimum atomic E-state index is -0.583. The van der Waals surface area contributed by atoms with Crippen molar-refractivity contribution in [2.45, 2.75) is 13.1 Å². The molecule has 0 aromatic carbocycles. The molecule has 1 heterocycles. The molecule has 0 aromatic heterocycles. The van der Waals surface area contributed by atoms with E-state index in [1.165, 1.54) is 0 Å². The molecule has 1 aliphatic rings. The third kappa shape index (κ3) is 0.996. The number of halogens is 1. The van der Waals surface area contributed by atoms with E-state index in [0.29, 0.717) is 6.54 Å². The Bertz CT molecular complexity index is 74.6. The molecule has 1 nitrogen and oxygen atoms in total. The van der Waals surface area contributed by atoms with Crippen molar-refractivity contribution in [2.75, 3.05) is 20.1 Å². The van der Waals surface area contributed by atoms with Crippen LogP contribution in [0, 0.1) is 5.92 Å². The molecule has 0 bridgehead atoms. The third-order valence-corrected chi connectivity index (χ3v) is 1.70. The van der Waals surface area contributed by atoms with Crippen molar-refractivity contribution >= 4 is 0 Å². The molecule has 0 amide bonds. The largest absolute Gasteiger partial charge is 0.303 e. The van der Waals surface area contributed by atoms with Crippen LogP contribution in [0.2, 0.25) is 0 Å². The van der Waals surface area contributed by atoms with Gasteiger partial charge in [-0.1, -0.05) is 6.92 Å². The first-order valence-electron chi connectivity index (χ1n) is 3.03. The van der Waals surface area contributed by atoms with Crippen molar-refractivity contribution < 1.29 is 4.39 Å². The zero-order valence-corrected chi connectivity index (χ0v) is 5.39. The summed E-state index contributed by atoms with van der Waals surface area (Å²) in [6.45, 7) is 3.50. The lowest BCUT2D eigenvalue weighted by atomic mass is 10.1. The highest BCUT2D eigenvalue weighted by Crippen LogP contribution is 2.16. The van der Waals surface area contributed by atoms with Gasteiger partial charge in [-0.2, -0.15) is 0 Å². The molecule has 8 heavy (non-hydrogen) atoms. The second kappa shape index (κ2) is 2.02. The molecule has 1 saturated heterocycles. The molecule has 1 fully saturated rings. The number of rotatable bonds is 0. The second-order valence-corrected chi connectivity index (χ2v) is 2.71. The molecule has 0 aromatic rings. The van der Waals surface area contributed by atoms with E-state index in [0.717, 1.165) is 6.54 Å². The quantitative estimate of drug-likeness (QED) is 0.455. The van der Waals surface area contributed by atoms with Crippen LogP contribution in [0.3, 0.4) is 0 Å². The van der Waals surface area contributed by atoms with Gasteiger partial charge in [-0.05, 0) is 7.05 Å². The van der Waals surface area contributed by atoms with Crippen LogP contribution in [-0.4, -0.2) is 31.2 Å². The Hall–Kier alpha value is -0.110. The van der Waals surface area contributed by atoms with Crippen LogP contribution in [0.1, 0.15) is 6.92 Å². The van der Waals surface area contributed by atoms with Crippen molar-refractivity contribution in [2.24, 2.45) is 5.92 Å². The summed E-state index contributed by atoms with van der Waals surface area (Å²) in [6.07, 6.45) is -0.583. The Labute approximate surface area is 49.5 Å². The van der Waals surface area contributed by atoms with Crippen LogP contribution < -0.4 is 0 Å². The molecule has 0 radical (unpaired) electrons. The summed E-state index contributed by atoms with van der Waals surface area (Å²) in [5.74, 6) is 0.250. The van der Waals surface area contributed by atoms with Crippen LogP contribution >= 0.6 is 0 Å². The lowest BCUT2D eigenvalue weighted by molar-refractivity contribution is 0.289. The first-order valence-corrected chi connectivity index (χ1v) is 3.03. The van der Waals surface area contributed by atoms with Gasteiger partial charge in [0.1, 0.15) is 6.17 Å². The van der Waals surface area contributed by atoms with Crippen LogP contribution in [0.25, 0.3) is 0 Å². The van der Waals surface area contributed by atoms with Gasteiger partial charge in [0, 0.05) is 19.0 Å². The summed E-state index contributed by atoms with van der Waals surface area (Å²) in [6, 6.07) is 0. The molecule has 0 saturated carbocycles. The Kier molecular flexibility index (Phi) is 1.52. The van der Waals surface area contributed by atoms with Crippen molar-refractivity contribution in [3.05, 3.63) is 0 Å². The molecule has 0 spiro atoms. The molecule has 48 valence electrons. The summed E-state index contributed by atoms with van der Waals surface area (Å²) in [7, 11) is 1.95. The summed E-state index contributed by atoms with van der Waals surface area (Å²) < 4.78 is 12.5. The fourth-order valence-electron chi connectivity index (χ4n) is 1.16. The Balaban J connectivity index is 2.39. The molecule has 1 aliphatic heterocycles. The molecule has 2 atom stereocenters. The predicted octanol–water partition coefficient (Wildman–Crippen LogP) is 0.906. The predicted molar refractivity (Wildman–Crippen MR) is 31.6 cm³/mol. The molecular weight excluding hydrogens is 105 g/mol. The summed E-state index contributed by atoms with van der Waals surface area (Å²) in [5.41, 5.74) is 0. The Morgan fingerprint density at radius 2 is 2.12 bits per heavy atom. The molecule has 0 aliphatic carbocycles. The van der Waals surface area contributed by atoms with Gasteiger partial charge in [0.05, 0.1) is 0 Å². The van der Waals surface area contributed by atoms with E-state index >= 15 is 0 Å². The van der Waals surface area contributed by atoms with Gasteiger partial charge in [0.25, 0.3) is 0 Å². The van der Waals surface area contributed by atoms with Crippen molar-refractivity contribution in [1.29, 1.82) is 0 Å². The average molecular weight is 117 g/mol. The maximum atomic E-state index is 12.5. The fourth-order valence-corrected chi connectivity index (χ4v) is 1.16. The molecule has 0 N–H and O–H groups in total. The summed E-state index contributed by atoms with van der Waals surface area (Å²) >= 11 is 0. The average Bonchev–Trinajstić information content (AvgIpc) is 1.85. The minimum Gasteiger partial charge on any atom is -0.303 e. The Morgan fingerprint density at radius 3 is 2.25 bits per heavy atom. The lowest BCUT2D eigenvalue weighted by Gasteiger charge is -2.02. The van der Waals surface area contributed by atoms with E-state index in [1.54, 1.807) is 0 Å². The highest BCUT2D eigenvalue weighted by Gasteiger charge is 2.26. The second-order valence-electron chi connectivity index (χ2n) is 2.71. The first kappa shape index (κ1) is 6.02. The van der Waals surface area contributed by atoms with E-state index in [2.05, 4.69) is 0 Å². The van der Waals surface area contributed by atoms with Gasteiger partial charge in [-0.25, -0.2) is 4.39 Å². The van der Waals surface area contributed by atoms with E-state index < -0.39 is 6.17 Å². The van der Waals surface area contributed by atoms with Crippen LogP contribution in [0.15, 0.2) is 0 Å². The van der Waals surface area contributed by atoms with Crippen molar-refractivity contribution in [3.8, 4) is 0 Å². The van der Waals surface area contributed by atoms with Crippen LogP contribution in [-0.2, 0) is 0 Å². The molecule has 1 rings (SSSR count). The normalized spacial score (nSPS) is 40.9. The van der Waals surface area contributed by atoms with Crippen LogP contribution in [0.4, 0.5) is 4.39 Å². The summed E-state index contributed by atoms with van der Waals surface area (Å²) in [5, 5.41) is 0. The monoisotopic (exact) mass is 117 g/mol. The van der Waals surface area contributed by atoms with Gasteiger partial charge in [-0.15, -0.1) is 0 Å². The fraction of sp³-hybridized carbons (Fsp3) is 1.00. The molecular formula is C6H12FN. The SMILES string of the molecule is CC1CN(C)CC1F. The zero-order chi connectivity index (χ0) is 6.15. The zero-order valence-electron chi connectivity index (χ0n) is 5.39. The van der Waals surface area contributed by atoms with Gasteiger partial charge >= 0.3 is 0 Å². The van der Waals surface area contributed by atoms with E-state index in [4.69, 9.17) is 0 Å². The smallest absolute Gasteiger partial charge is 0.116 e. The van der Waals surface area contributed by atoms with Crippen LogP contribution in [0.5, 0.6) is 0 Å². The number of alkyl halides is 1. The lowest BCUT2D eigenvalue weighted by Crippen LogP contribution is -2.13. The van der Waals surface area contributed by atoms with Gasteiger partial charge < -0.3 is 4.90 Å². The maximum absolute atomic E-state index is 12.5. The van der Waals surface area contributed by atoms with E-state index in [1.807, 2.05) is 18.9 Å². The standard InChI is InChI=1S/C6H12FN/c1-5-3-8(2)4-6(5)7/h5-6H,3-4H2,1-2H3. The van der Waals surface area contributed by atoms with Gasteiger partial charge in [0.2, 0.25) is 0 Å². The first-order chi connectivity index (χ1) is 3.70. The molecule has 2 heteroatoms. The van der Waals surface area contributed by atoms with Gasteiger partial charge in [-0.3, -0.25) is 0 Å². The van der Waals surface area contributed by atoms with Gasteiger partial charge in [0.15, 0.2) is 0 Å². The topological polar surface area (TPSA) is 3.24 Å². The number of nitrogens with zero attached hydrogens (tertiary/aromatic N) is 1. The number of likely N-dealkylation sites (tertiary alicyclic amines) is 1. The third-order valence-electron chi connectivity index (χ3n) is 1.70. The van der Waals surface area contributed by atoms with E-state index in [9.17, 15) is 4.39 Å². The van der Waals surface area contributed by atoms with E-state index in [-0.39, 0.29) is 5.92 Å². The van der Waals surface area contributed by atoms with Crippen molar-refractivity contribution in [1.82, 2.24) is 4.90 Å². The summed E-state index contributed by atoms with van der Waals surface area (Å²) in [4.78, 5) is 2.02. The maximum Gasteiger partial charge on any atom is 0.116 e. The number of hydrogen-bond acceptors (Lipinski definition) is 1. The number of hydrogen-bond donors (Lipinski definition) is 0. The van der Waals surface area contributed by atoms with Crippen molar-refractivity contribution in [3.63, 3.8) is 0 Å².